The van der Waals surface area contributed by atoms with E-state index in [0.717, 1.165) is 11.3 Å². The van der Waals surface area contributed by atoms with Crippen molar-refractivity contribution in [3.8, 4) is 11.5 Å². The minimum Gasteiger partial charge on any atom is -0.456 e. The third kappa shape index (κ3) is 6.18. The summed E-state index contributed by atoms with van der Waals surface area (Å²) in [4.78, 5) is 38.7. The Morgan fingerprint density at radius 2 is 2.00 bits per heavy atom. The molecule has 2 aromatic heterocycles. The molecule has 2 amide bonds. The lowest BCUT2D eigenvalue weighted by atomic mass is 10.2. The van der Waals surface area contributed by atoms with Crippen molar-refractivity contribution in [2.75, 3.05) is 39.9 Å². The van der Waals surface area contributed by atoms with Gasteiger partial charge in [0.15, 0.2) is 0 Å². The number of likely N-dealkylation sites (tertiary alicyclic amines) is 1. The summed E-state index contributed by atoms with van der Waals surface area (Å²) in [7, 11) is 3.52. The summed E-state index contributed by atoms with van der Waals surface area (Å²) >= 11 is 0. The fourth-order valence-corrected chi connectivity index (χ4v) is 4.75. The Morgan fingerprint density at radius 3 is 2.82 bits per heavy atom. The van der Waals surface area contributed by atoms with E-state index in [1.807, 2.05) is 42.1 Å². The van der Waals surface area contributed by atoms with Crippen LogP contribution in [0.3, 0.4) is 0 Å². The summed E-state index contributed by atoms with van der Waals surface area (Å²) in [6.07, 6.45) is 6.41. The smallest absolute Gasteiger partial charge is 0.256 e. The quantitative estimate of drug-likeness (QED) is 0.540. The number of benzene rings is 1. The van der Waals surface area contributed by atoms with Gasteiger partial charge in [-0.05, 0) is 23.8 Å². The van der Waals surface area contributed by atoms with E-state index in [1.54, 1.807) is 25.7 Å². The minimum atomic E-state index is -0.326. The number of aromatic nitrogens is 3. The molecule has 2 atom stereocenters. The van der Waals surface area contributed by atoms with Crippen LogP contribution < -0.4 is 10.1 Å². The zero-order valence-corrected chi connectivity index (χ0v) is 21.6. The minimum absolute atomic E-state index is 0.114. The van der Waals surface area contributed by atoms with Crippen molar-refractivity contribution in [3.63, 3.8) is 0 Å². The van der Waals surface area contributed by atoms with Crippen molar-refractivity contribution in [2.24, 2.45) is 7.05 Å². The predicted molar refractivity (Wildman–Crippen MR) is 138 cm³/mol. The van der Waals surface area contributed by atoms with Crippen LogP contribution in [0.1, 0.15) is 21.6 Å². The highest BCUT2D eigenvalue weighted by Crippen LogP contribution is 2.25. The number of nitrogens with zero attached hydrogens (tertiary/aromatic N) is 5. The van der Waals surface area contributed by atoms with Gasteiger partial charge in [0.05, 0.1) is 55.7 Å². The van der Waals surface area contributed by atoms with Crippen molar-refractivity contribution in [3.05, 3.63) is 72.1 Å². The number of ether oxygens (including phenoxy) is 3. The monoisotopic (exact) mass is 520 g/mol. The molecule has 1 fully saturated rings. The van der Waals surface area contributed by atoms with Gasteiger partial charge in [-0.1, -0.05) is 12.1 Å². The average molecular weight is 521 g/mol. The second-order valence-corrected chi connectivity index (χ2v) is 9.59. The molecule has 0 radical (unpaired) electrons. The Morgan fingerprint density at radius 1 is 1.11 bits per heavy atom. The number of hydrogen-bond donors (Lipinski definition) is 1. The lowest BCUT2D eigenvalue weighted by Crippen LogP contribution is -2.49. The zero-order chi connectivity index (χ0) is 26.5. The molecule has 2 aliphatic rings. The first-order chi connectivity index (χ1) is 18.5. The van der Waals surface area contributed by atoms with Gasteiger partial charge in [-0.15, -0.1) is 0 Å². The predicted octanol–water partition coefficient (Wildman–Crippen LogP) is 1.60. The Bertz CT molecular complexity index is 1280. The van der Waals surface area contributed by atoms with Gasteiger partial charge in [-0.2, -0.15) is 0 Å². The average Bonchev–Trinajstić information content (AvgIpc) is 3.49. The molecule has 11 heteroatoms. The highest BCUT2D eigenvalue weighted by molar-refractivity contribution is 5.96. The number of carbonyl (C=O) groups is 2. The lowest BCUT2D eigenvalue weighted by Gasteiger charge is -2.25. The van der Waals surface area contributed by atoms with Crippen LogP contribution in [-0.2, 0) is 34.5 Å². The summed E-state index contributed by atoms with van der Waals surface area (Å²) < 4.78 is 19.5. The van der Waals surface area contributed by atoms with Crippen molar-refractivity contribution >= 4 is 11.8 Å². The summed E-state index contributed by atoms with van der Waals surface area (Å²) in [5.74, 6) is 0.465. The molecule has 11 nitrogen and oxygen atoms in total. The van der Waals surface area contributed by atoms with Crippen molar-refractivity contribution in [1.82, 2.24) is 29.7 Å². The Balaban J connectivity index is 1.42. The Labute approximate surface area is 221 Å². The van der Waals surface area contributed by atoms with E-state index >= 15 is 0 Å². The Hall–Kier alpha value is -3.80. The fraction of sp³-hybridized carbons (Fsp3) is 0.407. The SMILES string of the molecule is COCCN1CC(=O)N[C@H]2CN(Cc3cncn3C)C[C@@H]2OCc2cccc(c2)Oc2cncc(c2)C1=O. The summed E-state index contributed by atoms with van der Waals surface area (Å²) in [6, 6.07) is 9.01. The molecule has 1 saturated heterocycles. The summed E-state index contributed by atoms with van der Waals surface area (Å²) in [6.45, 7) is 2.75. The van der Waals surface area contributed by atoms with E-state index in [0.29, 0.717) is 49.9 Å². The molecule has 4 heterocycles. The van der Waals surface area contributed by atoms with Gasteiger partial charge in [0.25, 0.3) is 5.91 Å². The molecule has 200 valence electrons. The fourth-order valence-electron chi connectivity index (χ4n) is 4.75. The number of hydrogen-bond acceptors (Lipinski definition) is 8. The number of imidazole rings is 1. The summed E-state index contributed by atoms with van der Waals surface area (Å²) in [5.41, 5.74) is 2.35. The maximum atomic E-state index is 13.4. The molecule has 0 spiro atoms. The molecule has 38 heavy (non-hydrogen) atoms. The van der Waals surface area contributed by atoms with Crippen LogP contribution in [0.15, 0.2) is 55.2 Å². The van der Waals surface area contributed by atoms with Crippen LogP contribution in [0.25, 0.3) is 0 Å². The number of fused-ring (bicyclic) bond motifs is 5. The van der Waals surface area contributed by atoms with E-state index in [2.05, 4.69) is 20.2 Å². The molecule has 0 unspecified atom stereocenters. The number of amides is 2. The van der Waals surface area contributed by atoms with Crippen LogP contribution in [0.4, 0.5) is 0 Å². The van der Waals surface area contributed by atoms with E-state index in [1.165, 1.54) is 11.1 Å². The molecule has 5 rings (SSSR count). The largest absolute Gasteiger partial charge is 0.456 e. The van der Waals surface area contributed by atoms with Gasteiger partial charge in [0, 0.05) is 52.7 Å². The van der Waals surface area contributed by atoms with Gasteiger partial charge in [0.2, 0.25) is 5.91 Å². The van der Waals surface area contributed by atoms with Crippen LogP contribution in [0, 0.1) is 0 Å². The normalized spacial score (nSPS) is 20.6. The van der Waals surface area contributed by atoms with Gasteiger partial charge >= 0.3 is 0 Å². The number of rotatable bonds is 5. The second-order valence-electron chi connectivity index (χ2n) is 9.59. The van der Waals surface area contributed by atoms with E-state index < -0.39 is 0 Å². The molecule has 1 N–H and O–H groups in total. The standard InChI is InChI=1S/C27H32N6O5/c1-31-18-29-11-21(31)13-32-14-24-25(15-32)37-17-19-4-3-5-22(8-19)38-23-9-20(10-28-12-23)27(35)33(6-7-36-2)16-26(34)30-24/h3-5,8-12,18,24-25H,6-7,13-17H2,1-2H3,(H,30,34)/t24-,25-/m0/s1. The first-order valence-electron chi connectivity index (χ1n) is 12.6. The maximum Gasteiger partial charge on any atom is 0.256 e. The van der Waals surface area contributed by atoms with Gasteiger partial charge in [-0.25, -0.2) is 4.98 Å². The third-order valence-corrected chi connectivity index (χ3v) is 6.74. The van der Waals surface area contributed by atoms with Crippen LogP contribution in [-0.4, -0.2) is 88.2 Å². The highest BCUT2D eigenvalue weighted by Gasteiger charge is 2.35. The molecule has 4 bridgehead atoms. The zero-order valence-electron chi connectivity index (χ0n) is 21.6. The third-order valence-electron chi connectivity index (χ3n) is 6.74. The number of methoxy groups -OCH3 is 1. The highest BCUT2D eigenvalue weighted by atomic mass is 16.5. The summed E-state index contributed by atoms with van der Waals surface area (Å²) in [5, 5.41) is 3.12. The lowest BCUT2D eigenvalue weighted by molar-refractivity contribution is -0.123. The molecule has 1 aromatic carbocycles. The number of pyridine rings is 1. The molecule has 2 aliphatic heterocycles. The topological polar surface area (TPSA) is 111 Å². The molecular formula is C27H32N6O5. The van der Waals surface area contributed by atoms with Gasteiger partial charge < -0.3 is 29.0 Å². The Kier molecular flexibility index (Phi) is 7.97. The molecule has 0 aliphatic carbocycles. The second kappa shape index (κ2) is 11.7. The van der Waals surface area contributed by atoms with E-state index in [4.69, 9.17) is 14.2 Å². The van der Waals surface area contributed by atoms with Gasteiger partial charge in [-0.3, -0.25) is 19.5 Å². The maximum absolute atomic E-state index is 13.4. The van der Waals surface area contributed by atoms with Crippen LogP contribution in [0.2, 0.25) is 0 Å². The molecule has 0 saturated carbocycles. The van der Waals surface area contributed by atoms with Crippen molar-refractivity contribution in [2.45, 2.75) is 25.3 Å². The molecular weight excluding hydrogens is 488 g/mol. The number of carbonyl (C=O) groups excluding carboxylic acids is 2. The van der Waals surface area contributed by atoms with Crippen LogP contribution in [0.5, 0.6) is 11.5 Å². The van der Waals surface area contributed by atoms with Crippen molar-refractivity contribution in [1.29, 1.82) is 0 Å². The van der Waals surface area contributed by atoms with Gasteiger partial charge in [0.1, 0.15) is 11.5 Å². The van der Waals surface area contributed by atoms with Crippen molar-refractivity contribution < 1.29 is 23.8 Å². The number of aryl methyl sites for hydroxylation is 1. The first kappa shape index (κ1) is 25.8. The van der Waals surface area contributed by atoms with E-state index in [9.17, 15) is 9.59 Å². The first-order valence-corrected chi connectivity index (χ1v) is 12.6. The molecule has 3 aromatic rings. The van der Waals surface area contributed by atoms with E-state index in [-0.39, 0.29) is 37.0 Å². The number of nitrogens with one attached hydrogen (secondary N) is 1. The van der Waals surface area contributed by atoms with Crippen LogP contribution >= 0.6 is 0 Å².